The highest BCUT2D eigenvalue weighted by Crippen LogP contribution is 2.30. The van der Waals surface area contributed by atoms with E-state index in [-0.39, 0.29) is 30.3 Å². The molecule has 1 aliphatic rings. The number of carbonyl (C=O) groups is 2. The molecule has 9 heteroatoms. The van der Waals surface area contributed by atoms with Gasteiger partial charge in [-0.1, -0.05) is 29.4 Å². The number of nitrogens with zero attached hydrogens (tertiary/aromatic N) is 2. The summed E-state index contributed by atoms with van der Waals surface area (Å²) in [7, 11) is 0. The minimum absolute atomic E-state index is 0.0907. The lowest BCUT2D eigenvalue weighted by atomic mass is 10.1. The van der Waals surface area contributed by atoms with Crippen molar-refractivity contribution in [3.63, 3.8) is 0 Å². The lowest BCUT2D eigenvalue weighted by Gasteiger charge is -2.13. The molecule has 3 aromatic rings. The smallest absolute Gasteiger partial charge is 0.343 e. The lowest BCUT2D eigenvalue weighted by Crippen LogP contribution is -2.36. The van der Waals surface area contributed by atoms with Crippen LogP contribution in [0.1, 0.15) is 36.4 Å². The zero-order valence-electron chi connectivity index (χ0n) is 20.7. The van der Waals surface area contributed by atoms with Crippen LogP contribution in [-0.2, 0) is 27.4 Å². The molecule has 1 aliphatic heterocycles. The van der Waals surface area contributed by atoms with Crippen LogP contribution in [0.25, 0.3) is 0 Å². The van der Waals surface area contributed by atoms with E-state index in [0.29, 0.717) is 23.7 Å². The van der Waals surface area contributed by atoms with E-state index in [0.717, 1.165) is 28.3 Å². The van der Waals surface area contributed by atoms with Crippen molar-refractivity contribution in [3.05, 3.63) is 82.4 Å². The Hall–Kier alpha value is -4.40. The third-order valence-electron chi connectivity index (χ3n) is 5.66. The number of fused-ring (bicyclic) bond motifs is 1. The second-order valence-corrected chi connectivity index (χ2v) is 8.28. The van der Waals surface area contributed by atoms with Crippen molar-refractivity contribution in [3.8, 4) is 5.75 Å². The Morgan fingerprint density at radius 1 is 1.06 bits per heavy atom. The summed E-state index contributed by atoms with van der Waals surface area (Å²) in [5.41, 5.74) is 4.55. The number of aryl methyl sites for hydroxylation is 2. The highest BCUT2D eigenvalue weighted by atomic mass is 16.5. The Kier molecular flexibility index (Phi) is 7.48. The van der Waals surface area contributed by atoms with Gasteiger partial charge in [-0.05, 0) is 57.5 Å². The molecule has 0 saturated heterocycles. The van der Waals surface area contributed by atoms with Crippen LogP contribution in [-0.4, -0.2) is 29.5 Å². The van der Waals surface area contributed by atoms with Crippen LogP contribution in [0.2, 0.25) is 0 Å². The summed E-state index contributed by atoms with van der Waals surface area (Å²) in [5.74, 6) is 0.666. The van der Waals surface area contributed by atoms with E-state index >= 15 is 0 Å². The van der Waals surface area contributed by atoms with Crippen molar-refractivity contribution >= 4 is 29.1 Å². The maximum Gasteiger partial charge on any atom is 0.343 e. The fourth-order valence-electron chi connectivity index (χ4n) is 3.77. The molecule has 2 heterocycles. The van der Waals surface area contributed by atoms with Crippen molar-refractivity contribution in [2.24, 2.45) is 4.99 Å². The molecule has 0 saturated carbocycles. The van der Waals surface area contributed by atoms with Gasteiger partial charge in [-0.25, -0.2) is 9.79 Å². The van der Waals surface area contributed by atoms with Crippen molar-refractivity contribution in [2.75, 3.05) is 11.9 Å². The fourth-order valence-corrected chi connectivity index (χ4v) is 3.77. The predicted molar refractivity (Wildman–Crippen MR) is 135 cm³/mol. The predicted octanol–water partition coefficient (Wildman–Crippen LogP) is 4.52. The molecule has 4 rings (SSSR count). The number of aromatic nitrogens is 1. The van der Waals surface area contributed by atoms with E-state index in [2.05, 4.69) is 20.8 Å². The molecule has 9 nitrogen and oxygen atoms in total. The minimum Gasteiger partial charge on any atom is -0.489 e. The van der Waals surface area contributed by atoms with Crippen LogP contribution in [0.4, 0.5) is 11.4 Å². The van der Waals surface area contributed by atoms with Crippen LogP contribution in [0.15, 0.2) is 69.3 Å². The van der Waals surface area contributed by atoms with Crippen molar-refractivity contribution in [1.82, 2.24) is 10.5 Å². The largest absolute Gasteiger partial charge is 0.489 e. The van der Waals surface area contributed by atoms with Gasteiger partial charge in [0.25, 0.3) is 0 Å². The fraction of sp³-hybridized carbons (Fsp3) is 0.259. The average Bonchev–Trinajstić information content (AvgIpc) is 3.08. The van der Waals surface area contributed by atoms with Gasteiger partial charge in [0.15, 0.2) is 0 Å². The van der Waals surface area contributed by atoms with Gasteiger partial charge in [0.05, 0.1) is 35.7 Å². The van der Waals surface area contributed by atoms with Gasteiger partial charge in [-0.3, -0.25) is 4.79 Å². The highest BCUT2D eigenvalue weighted by molar-refractivity contribution is 6.24. The topological polar surface area (TPSA) is 115 Å². The Morgan fingerprint density at radius 3 is 2.50 bits per heavy atom. The third-order valence-corrected chi connectivity index (χ3v) is 5.66. The number of benzene rings is 2. The molecule has 0 fully saturated rings. The Bertz CT molecular complexity index is 1320. The summed E-state index contributed by atoms with van der Waals surface area (Å²) in [6.07, 6.45) is 0.0907. The van der Waals surface area contributed by atoms with Crippen molar-refractivity contribution in [1.29, 1.82) is 0 Å². The van der Waals surface area contributed by atoms with E-state index in [1.807, 2.05) is 44.2 Å². The average molecular weight is 489 g/mol. The first-order chi connectivity index (χ1) is 17.4. The first-order valence-electron chi connectivity index (χ1n) is 11.6. The second-order valence-electron chi connectivity index (χ2n) is 8.28. The molecular formula is C27H28N4O5. The van der Waals surface area contributed by atoms with Gasteiger partial charge >= 0.3 is 5.97 Å². The number of hydrogen-bond acceptors (Lipinski definition) is 8. The van der Waals surface area contributed by atoms with Crippen LogP contribution in [0.3, 0.4) is 0 Å². The van der Waals surface area contributed by atoms with E-state index in [1.165, 1.54) is 0 Å². The molecule has 2 N–H and O–H groups in total. The first kappa shape index (κ1) is 24.7. The van der Waals surface area contributed by atoms with Gasteiger partial charge in [0, 0.05) is 5.70 Å². The Labute approximate surface area is 209 Å². The Morgan fingerprint density at radius 2 is 1.81 bits per heavy atom. The zero-order chi connectivity index (χ0) is 25.7. The number of aliphatic imine (C=N–C) groups is 1. The van der Waals surface area contributed by atoms with Crippen LogP contribution in [0.5, 0.6) is 5.75 Å². The molecule has 1 amide bonds. The van der Waals surface area contributed by atoms with Gasteiger partial charge in [0.1, 0.15) is 29.5 Å². The number of allylic oxidation sites excluding steroid dienone is 1. The van der Waals surface area contributed by atoms with Crippen LogP contribution < -0.4 is 15.4 Å². The SMILES string of the molecule is CCOC(=O)C1=C(C)Nc2ccccc2N=C1NC(=O)Cc1ccc(OCc2c(C)noc2C)cc1. The van der Waals surface area contributed by atoms with E-state index in [1.54, 1.807) is 32.0 Å². The van der Waals surface area contributed by atoms with E-state index < -0.39 is 5.97 Å². The minimum atomic E-state index is -0.561. The molecule has 0 radical (unpaired) electrons. The molecule has 0 atom stereocenters. The third kappa shape index (κ3) is 5.63. The number of hydrogen-bond donors (Lipinski definition) is 2. The van der Waals surface area contributed by atoms with Gasteiger partial charge in [-0.2, -0.15) is 0 Å². The summed E-state index contributed by atoms with van der Waals surface area (Å²) in [6, 6.07) is 14.6. The summed E-state index contributed by atoms with van der Waals surface area (Å²) in [4.78, 5) is 30.2. The van der Waals surface area contributed by atoms with Crippen LogP contribution >= 0.6 is 0 Å². The number of carbonyl (C=O) groups excluding carboxylic acids is 2. The maximum absolute atomic E-state index is 12.9. The number of rotatable bonds is 7. The number of amidine groups is 1. The van der Waals surface area contributed by atoms with Crippen LogP contribution in [0, 0.1) is 13.8 Å². The quantitative estimate of drug-likeness (QED) is 0.470. The summed E-state index contributed by atoms with van der Waals surface area (Å²) >= 11 is 0. The summed E-state index contributed by atoms with van der Waals surface area (Å²) < 4.78 is 16.2. The van der Waals surface area contributed by atoms with Gasteiger partial charge in [0.2, 0.25) is 5.91 Å². The standard InChI is InChI=1S/C27H28N4O5/c1-5-34-27(33)25-17(3)28-22-8-6-7-9-23(22)29-26(25)30-24(32)14-19-10-12-20(13-11-19)35-15-21-16(2)31-36-18(21)4/h6-13,28H,5,14-15H2,1-4H3,(H,29,30,32). The lowest BCUT2D eigenvalue weighted by molar-refractivity contribution is -0.137. The summed E-state index contributed by atoms with van der Waals surface area (Å²) in [6.45, 7) is 7.74. The molecule has 0 bridgehead atoms. The highest BCUT2D eigenvalue weighted by Gasteiger charge is 2.26. The van der Waals surface area contributed by atoms with Crippen molar-refractivity contribution in [2.45, 2.75) is 40.7 Å². The van der Waals surface area contributed by atoms with Crippen molar-refractivity contribution < 1.29 is 23.6 Å². The zero-order valence-corrected chi connectivity index (χ0v) is 20.7. The maximum atomic E-state index is 12.9. The first-order valence-corrected chi connectivity index (χ1v) is 11.6. The molecule has 0 aliphatic carbocycles. The second kappa shape index (κ2) is 10.9. The number of esters is 1. The van der Waals surface area contributed by atoms with E-state index in [4.69, 9.17) is 14.0 Å². The number of ether oxygens (including phenoxy) is 2. The number of amides is 1. The monoisotopic (exact) mass is 488 g/mol. The molecular weight excluding hydrogens is 460 g/mol. The molecule has 2 aromatic carbocycles. The van der Waals surface area contributed by atoms with Gasteiger partial charge in [-0.15, -0.1) is 0 Å². The molecule has 36 heavy (non-hydrogen) atoms. The molecule has 1 aromatic heterocycles. The summed E-state index contributed by atoms with van der Waals surface area (Å²) in [5, 5.41) is 9.92. The number of anilines is 1. The molecule has 0 spiro atoms. The number of nitrogens with one attached hydrogen (secondary N) is 2. The van der Waals surface area contributed by atoms with E-state index in [9.17, 15) is 9.59 Å². The normalized spacial score (nSPS) is 12.7. The Balaban J connectivity index is 1.47. The number of para-hydroxylation sites is 2. The van der Waals surface area contributed by atoms with Gasteiger partial charge < -0.3 is 24.6 Å². The molecule has 186 valence electrons. The molecule has 0 unspecified atom stereocenters.